The maximum absolute atomic E-state index is 13.8. The fraction of sp³-hybridized carbons (Fsp3) is 0.0500. The number of nitrogens with one attached hydrogen (secondary N) is 1. The normalized spacial score (nSPS) is 11.2. The first-order chi connectivity index (χ1) is 14.5. The van der Waals surface area contributed by atoms with Gasteiger partial charge in [0.2, 0.25) is 5.95 Å². The van der Waals surface area contributed by atoms with Gasteiger partial charge in [-0.25, -0.2) is 19.2 Å². The molecule has 5 aromatic rings. The zero-order valence-electron chi connectivity index (χ0n) is 15.2. The Morgan fingerprint density at radius 1 is 1.23 bits per heavy atom. The van der Waals surface area contributed by atoms with Gasteiger partial charge in [0.1, 0.15) is 17.7 Å². The molecule has 30 heavy (non-hydrogen) atoms. The molecule has 10 heteroatoms. The second-order valence-electron chi connectivity index (χ2n) is 6.57. The van der Waals surface area contributed by atoms with Crippen LogP contribution in [0, 0.1) is 17.1 Å². The number of hydrogen-bond donors (Lipinski definition) is 1. The molecule has 1 N–H and O–H groups in total. The van der Waals surface area contributed by atoms with Crippen LogP contribution in [0.3, 0.4) is 0 Å². The summed E-state index contributed by atoms with van der Waals surface area (Å²) >= 11 is 6.05. The van der Waals surface area contributed by atoms with E-state index >= 15 is 0 Å². The molecule has 0 saturated heterocycles. The van der Waals surface area contributed by atoms with Crippen molar-refractivity contribution in [1.82, 2.24) is 29.1 Å². The fourth-order valence-corrected chi connectivity index (χ4v) is 3.47. The number of aromatic amines is 1. The zero-order chi connectivity index (χ0) is 20.8. The Morgan fingerprint density at radius 2 is 2.10 bits per heavy atom. The van der Waals surface area contributed by atoms with E-state index in [9.17, 15) is 9.18 Å². The molecule has 8 nitrogen and oxygen atoms in total. The van der Waals surface area contributed by atoms with Crippen molar-refractivity contribution in [3.05, 3.63) is 81.4 Å². The number of halogens is 2. The van der Waals surface area contributed by atoms with Gasteiger partial charge in [0, 0.05) is 0 Å². The molecule has 0 unspecified atom stereocenters. The molecule has 3 aromatic heterocycles. The second-order valence-corrected chi connectivity index (χ2v) is 6.94. The number of rotatable bonds is 3. The summed E-state index contributed by atoms with van der Waals surface area (Å²) in [5.74, 6) is -0.258. The van der Waals surface area contributed by atoms with E-state index in [-0.39, 0.29) is 11.6 Å². The summed E-state index contributed by atoms with van der Waals surface area (Å²) in [6, 6.07) is 11.6. The molecule has 0 atom stereocenters. The molecule has 0 aliphatic heterocycles. The zero-order valence-corrected chi connectivity index (χ0v) is 15.9. The minimum atomic E-state index is -0.556. The van der Waals surface area contributed by atoms with Crippen LogP contribution < -0.4 is 5.69 Å². The SMILES string of the molecule is N#Cc1ccc2c(c1)ncn2-c1ncc2[nH]c(=O)n(Cc3cccc(F)c3Cl)c2n1. The molecule has 0 bridgehead atoms. The topological polar surface area (TPSA) is 105 Å². The van der Waals surface area contributed by atoms with Gasteiger partial charge in [-0.1, -0.05) is 23.7 Å². The van der Waals surface area contributed by atoms with Crippen LogP contribution >= 0.6 is 11.6 Å². The Kier molecular flexibility index (Phi) is 4.08. The quantitative estimate of drug-likeness (QED) is 0.483. The maximum atomic E-state index is 13.8. The van der Waals surface area contributed by atoms with E-state index in [2.05, 4.69) is 26.0 Å². The van der Waals surface area contributed by atoms with E-state index in [1.807, 2.05) is 0 Å². The van der Waals surface area contributed by atoms with Gasteiger partial charge in [-0.05, 0) is 29.8 Å². The number of imidazole rings is 2. The lowest BCUT2D eigenvalue weighted by Crippen LogP contribution is -2.18. The van der Waals surface area contributed by atoms with Crippen LogP contribution in [0.4, 0.5) is 4.39 Å². The molecule has 0 amide bonds. The number of H-pyrrole nitrogens is 1. The molecule has 146 valence electrons. The minimum Gasteiger partial charge on any atom is -0.303 e. The third-order valence-electron chi connectivity index (χ3n) is 4.75. The second kappa shape index (κ2) is 6.79. The average molecular weight is 420 g/mol. The summed E-state index contributed by atoms with van der Waals surface area (Å²) in [5.41, 5.74) is 2.66. The molecule has 0 radical (unpaired) electrons. The highest BCUT2D eigenvalue weighted by Crippen LogP contribution is 2.22. The van der Waals surface area contributed by atoms with Crippen LogP contribution in [0.25, 0.3) is 28.1 Å². The van der Waals surface area contributed by atoms with Gasteiger partial charge >= 0.3 is 5.69 Å². The van der Waals surface area contributed by atoms with E-state index in [1.54, 1.807) is 35.2 Å². The highest BCUT2D eigenvalue weighted by molar-refractivity contribution is 6.31. The lowest BCUT2D eigenvalue weighted by molar-refractivity contribution is 0.623. The van der Waals surface area contributed by atoms with E-state index < -0.39 is 11.5 Å². The maximum Gasteiger partial charge on any atom is 0.328 e. The van der Waals surface area contributed by atoms with E-state index in [0.717, 1.165) is 0 Å². The van der Waals surface area contributed by atoms with E-state index in [4.69, 9.17) is 16.9 Å². The van der Waals surface area contributed by atoms with Crippen molar-refractivity contribution in [1.29, 1.82) is 5.26 Å². The largest absolute Gasteiger partial charge is 0.328 e. The van der Waals surface area contributed by atoms with Gasteiger partial charge in [-0.15, -0.1) is 0 Å². The lowest BCUT2D eigenvalue weighted by atomic mass is 10.2. The highest BCUT2D eigenvalue weighted by Gasteiger charge is 2.15. The first-order valence-corrected chi connectivity index (χ1v) is 9.19. The number of nitriles is 1. The first kappa shape index (κ1) is 18.0. The molecule has 5 rings (SSSR count). The summed E-state index contributed by atoms with van der Waals surface area (Å²) in [7, 11) is 0. The summed E-state index contributed by atoms with van der Waals surface area (Å²) in [6.45, 7) is 0.0437. The van der Waals surface area contributed by atoms with Crippen LogP contribution in [0.5, 0.6) is 0 Å². The predicted molar refractivity (Wildman–Crippen MR) is 108 cm³/mol. The molecule has 0 fully saturated rings. The fourth-order valence-electron chi connectivity index (χ4n) is 3.28. The number of fused-ring (bicyclic) bond motifs is 2. The van der Waals surface area contributed by atoms with Crippen LogP contribution in [0.1, 0.15) is 11.1 Å². The number of benzene rings is 2. The van der Waals surface area contributed by atoms with Crippen LogP contribution in [0.2, 0.25) is 5.02 Å². The number of hydrogen-bond acceptors (Lipinski definition) is 5. The van der Waals surface area contributed by atoms with Crippen LogP contribution in [-0.4, -0.2) is 29.1 Å². The molecular weight excluding hydrogens is 409 g/mol. The summed E-state index contributed by atoms with van der Waals surface area (Å²) in [6.07, 6.45) is 3.05. The monoisotopic (exact) mass is 419 g/mol. The van der Waals surface area contributed by atoms with E-state index in [0.29, 0.717) is 39.3 Å². The van der Waals surface area contributed by atoms with E-state index in [1.165, 1.54) is 22.9 Å². The van der Waals surface area contributed by atoms with Gasteiger partial charge in [-0.3, -0.25) is 9.13 Å². The van der Waals surface area contributed by atoms with Gasteiger partial charge in [-0.2, -0.15) is 10.2 Å². The summed E-state index contributed by atoms with van der Waals surface area (Å²) in [5, 5.41) is 9.01. The molecule has 0 aliphatic carbocycles. The first-order valence-electron chi connectivity index (χ1n) is 8.81. The van der Waals surface area contributed by atoms with Crippen molar-refractivity contribution in [2.24, 2.45) is 0 Å². The number of aromatic nitrogens is 6. The Balaban J connectivity index is 1.65. The van der Waals surface area contributed by atoms with Crippen LogP contribution in [-0.2, 0) is 6.54 Å². The molecule has 0 saturated carbocycles. The molecular formula is C20H11ClFN7O. The Morgan fingerprint density at radius 3 is 2.93 bits per heavy atom. The third-order valence-corrected chi connectivity index (χ3v) is 5.17. The van der Waals surface area contributed by atoms with Crippen molar-refractivity contribution in [3.63, 3.8) is 0 Å². The van der Waals surface area contributed by atoms with Crippen molar-refractivity contribution < 1.29 is 4.39 Å². The van der Waals surface area contributed by atoms with Gasteiger partial charge < -0.3 is 4.98 Å². The van der Waals surface area contributed by atoms with Crippen molar-refractivity contribution in [2.75, 3.05) is 0 Å². The minimum absolute atomic E-state index is 0.0399. The summed E-state index contributed by atoms with van der Waals surface area (Å²) in [4.78, 5) is 28.3. The Bertz CT molecular complexity index is 1540. The Hall–Kier alpha value is -4.03. The van der Waals surface area contributed by atoms with Gasteiger partial charge in [0.05, 0.1) is 40.4 Å². The smallest absolute Gasteiger partial charge is 0.303 e. The predicted octanol–water partition coefficient (Wildman–Crippen LogP) is 3.17. The summed E-state index contributed by atoms with van der Waals surface area (Å²) < 4.78 is 16.8. The molecule has 3 heterocycles. The lowest BCUT2D eigenvalue weighted by Gasteiger charge is -2.07. The van der Waals surface area contributed by atoms with Crippen molar-refractivity contribution >= 4 is 33.8 Å². The van der Waals surface area contributed by atoms with Gasteiger partial charge in [0.15, 0.2) is 5.65 Å². The highest BCUT2D eigenvalue weighted by atomic mass is 35.5. The average Bonchev–Trinajstić information content (AvgIpc) is 3.31. The molecule has 0 spiro atoms. The van der Waals surface area contributed by atoms with Crippen molar-refractivity contribution in [3.8, 4) is 12.0 Å². The van der Waals surface area contributed by atoms with Gasteiger partial charge in [0.25, 0.3) is 0 Å². The number of nitrogens with zero attached hydrogens (tertiary/aromatic N) is 6. The van der Waals surface area contributed by atoms with Crippen molar-refractivity contribution in [2.45, 2.75) is 6.54 Å². The third kappa shape index (κ3) is 2.82. The van der Waals surface area contributed by atoms with Crippen LogP contribution in [0.15, 0.2) is 53.7 Å². The molecule has 0 aliphatic rings. The standard InChI is InChI=1S/C20H11ClFN7O/c21-17-12(2-1-3-13(17)22)9-28-18-15(26-20(28)30)8-24-19(27-18)29-10-25-14-6-11(7-23)4-5-16(14)29/h1-6,8,10H,9H2,(H,26,30). The molecule has 2 aromatic carbocycles. The Labute approximate surface area is 172 Å².